The van der Waals surface area contributed by atoms with E-state index in [0.717, 1.165) is 11.1 Å². The van der Waals surface area contributed by atoms with Crippen LogP contribution in [0.1, 0.15) is 53.5 Å². The van der Waals surface area contributed by atoms with Crippen molar-refractivity contribution in [2.75, 3.05) is 0 Å². The minimum atomic E-state index is -1.92. The lowest BCUT2D eigenvalue weighted by molar-refractivity contribution is -0.150. The van der Waals surface area contributed by atoms with Gasteiger partial charge in [-0.15, -0.1) is 0 Å². The van der Waals surface area contributed by atoms with Crippen LogP contribution in [0.25, 0.3) is 5.57 Å². The molecule has 0 aromatic heterocycles. The Morgan fingerprint density at radius 1 is 0.933 bits per heavy atom. The molecule has 160 valence electrons. The molecule has 2 N–H and O–H groups in total. The van der Waals surface area contributed by atoms with Crippen molar-refractivity contribution >= 4 is 31.7 Å². The van der Waals surface area contributed by atoms with Crippen molar-refractivity contribution in [3.05, 3.63) is 54.1 Å². The van der Waals surface area contributed by atoms with E-state index in [4.69, 9.17) is 9.31 Å². The summed E-state index contributed by atoms with van der Waals surface area (Å²) in [7, 11) is -3.42. The molecular formula is C22H30B2O6. The number of carbonyl (C=O) groups is 2. The van der Waals surface area contributed by atoms with E-state index in [2.05, 4.69) is 0 Å². The molecule has 0 saturated heterocycles. The number of hydrogen-bond donors (Lipinski definition) is 2. The average molecular weight is 412 g/mol. The Hall–Kier alpha value is -2.31. The fourth-order valence-corrected chi connectivity index (χ4v) is 2.79. The van der Waals surface area contributed by atoms with Crippen molar-refractivity contribution < 1.29 is 28.9 Å². The van der Waals surface area contributed by atoms with E-state index in [1.165, 1.54) is 0 Å². The maximum Gasteiger partial charge on any atom is 0.607 e. The Bertz CT molecular complexity index is 805. The van der Waals surface area contributed by atoms with Crippen molar-refractivity contribution in [1.29, 1.82) is 0 Å². The van der Waals surface area contributed by atoms with Crippen LogP contribution in [-0.2, 0) is 18.9 Å². The van der Waals surface area contributed by atoms with Gasteiger partial charge in [-0.3, -0.25) is 9.59 Å². The molecule has 2 rings (SSSR count). The molecule has 8 heteroatoms. The minimum absolute atomic E-state index is 0.102. The molecule has 30 heavy (non-hydrogen) atoms. The van der Waals surface area contributed by atoms with Gasteiger partial charge in [-0.1, -0.05) is 48.6 Å². The highest BCUT2D eigenvalue weighted by molar-refractivity contribution is 6.72. The summed E-state index contributed by atoms with van der Waals surface area (Å²) in [5.74, 6) is -1.22. The second kappa shape index (κ2) is 8.82. The molecule has 0 aliphatic heterocycles. The standard InChI is InChI=1S/C22H30B2O6/c1-20(2,3)18(25)29-24(30-19(26)21(4,5)6)22(23(27)28)14-12-17(13-15-22)16-10-8-7-9-11-16/h7-14,27-28H,15H2,1-6H3. The minimum Gasteiger partial charge on any atom is -0.499 e. The monoisotopic (exact) mass is 412 g/mol. The normalized spacial score (nSPS) is 19.0. The molecule has 1 unspecified atom stereocenters. The molecule has 0 heterocycles. The molecule has 0 spiro atoms. The summed E-state index contributed by atoms with van der Waals surface area (Å²) in [6.07, 6.45) is 5.19. The second-order valence-electron chi connectivity index (χ2n) is 9.69. The van der Waals surface area contributed by atoms with Crippen LogP contribution in [0.3, 0.4) is 0 Å². The summed E-state index contributed by atoms with van der Waals surface area (Å²) in [5, 5.41) is 19.0. The first kappa shape index (κ1) is 24.0. The first-order chi connectivity index (χ1) is 13.8. The van der Waals surface area contributed by atoms with Crippen molar-refractivity contribution in [2.45, 2.75) is 53.2 Å². The van der Waals surface area contributed by atoms with Gasteiger partial charge in [-0.2, -0.15) is 0 Å². The van der Waals surface area contributed by atoms with Gasteiger partial charge in [0.05, 0.1) is 16.0 Å². The smallest absolute Gasteiger partial charge is 0.499 e. The SMILES string of the molecule is CC(C)(C)C(=O)OB(OC(=O)C(C)(C)C)C1(B(O)O)C=CC(c2ccccc2)=CC1. The molecule has 1 aliphatic carbocycles. The van der Waals surface area contributed by atoms with E-state index in [9.17, 15) is 19.6 Å². The lowest BCUT2D eigenvalue weighted by Crippen LogP contribution is -2.52. The predicted octanol–water partition coefficient (Wildman–Crippen LogP) is 3.45. The second-order valence-corrected chi connectivity index (χ2v) is 9.69. The third kappa shape index (κ3) is 5.43. The summed E-state index contributed by atoms with van der Waals surface area (Å²) in [6.45, 7) is 10.0. The Morgan fingerprint density at radius 2 is 1.43 bits per heavy atom. The van der Waals surface area contributed by atoms with Crippen LogP contribution in [0, 0.1) is 10.8 Å². The van der Waals surface area contributed by atoms with E-state index in [1.807, 2.05) is 36.4 Å². The van der Waals surface area contributed by atoms with E-state index >= 15 is 0 Å². The predicted molar refractivity (Wildman–Crippen MR) is 118 cm³/mol. The van der Waals surface area contributed by atoms with Gasteiger partial charge in [0, 0.05) is 0 Å². The van der Waals surface area contributed by atoms with Crippen LogP contribution in [0.4, 0.5) is 0 Å². The van der Waals surface area contributed by atoms with Crippen molar-refractivity contribution in [1.82, 2.24) is 0 Å². The maximum absolute atomic E-state index is 12.6. The third-order valence-corrected chi connectivity index (χ3v) is 4.93. The third-order valence-electron chi connectivity index (χ3n) is 4.93. The number of rotatable bonds is 5. The fraction of sp³-hybridized carbons (Fsp3) is 0.455. The van der Waals surface area contributed by atoms with Gasteiger partial charge in [0.2, 0.25) is 0 Å². The summed E-state index contributed by atoms with van der Waals surface area (Å²) >= 11 is 0. The summed E-state index contributed by atoms with van der Waals surface area (Å²) in [6, 6.07) is 9.61. The van der Waals surface area contributed by atoms with Crippen molar-refractivity contribution in [3.63, 3.8) is 0 Å². The number of carbonyl (C=O) groups excluding carboxylic acids is 2. The molecule has 0 saturated carbocycles. The Morgan fingerprint density at radius 3 is 1.80 bits per heavy atom. The van der Waals surface area contributed by atoms with Crippen LogP contribution >= 0.6 is 0 Å². The van der Waals surface area contributed by atoms with E-state index in [-0.39, 0.29) is 6.42 Å². The molecule has 1 aromatic carbocycles. The maximum atomic E-state index is 12.6. The summed E-state index contributed by atoms with van der Waals surface area (Å²) in [5.41, 5.74) is 0.120. The lowest BCUT2D eigenvalue weighted by Gasteiger charge is -2.36. The fourth-order valence-electron chi connectivity index (χ4n) is 2.79. The zero-order valence-corrected chi connectivity index (χ0v) is 18.5. The average Bonchev–Trinajstić information content (AvgIpc) is 2.66. The van der Waals surface area contributed by atoms with Gasteiger partial charge in [0.25, 0.3) is 11.9 Å². The summed E-state index contributed by atoms with van der Waals surface area (Å²) in [4.78, 5) is 25.2. The van der Waals surface area contributed by atoms with Crippen LogP contribution in [0.5, 0.6) is 0 Å². The topological polar surface area (TPSA) is 93.1 Å². The molecule has 0 amide bonds. The van der Waals surface area contributed by atoms with Gasteiger partial charge in [0.1, 0.15) is 0 Å². The molecule has 6 nitrogen and oxygen atoms in total. The zero-order valence-electron chi connectivity index (χ0n) is 18.5. The van der Waals surface area contributed by atoms with Gasteiger partial charge in [0.15, 0.2) is 0 Å². The largest absolute Gasteiger partial charge is 0.607 e. The Balaban J connectivity index is 2.41. The van der Waals surface area contributed by atoms with Crippen LogP contribution in [0.2, 0.25) is 5.21 Å². The highest BCUT2D eigenvalue weighted by atomic mass is 16.6. The highest BCUT2D eigenvalue weighted by Crippen LogP contribution is 2.44. The first-order valence-corrected chi connectivity index (χ1v) is 10.0. The van der Waals surface area contributed by atoms with Crippen LogP contribution < -0.4 is 0 Å². The molecular weight excluding hydrogens is 382 g/mol. The molecule has 0 fully saturated rings. The first-order valence-electron chi connectivity index (χ1n) is 10.0. The quantitative estimate of drug-likeness (QED) is 0.720. The number of allylic oxidation sites excluding steroid dienone is 4. The molecule has 0 bridgehead atoms. The summed E-state index contributed by atoms with van der Waals surface area (Å²) < 4.78 is 11.1. The van der Waals surface area contributed by atoms with Crippen LogP contribution in [0.15, 0.2) is 48.6 Å². The molecule has 1 aliphatic rings. The van der Waals surface area contributed by atoms with E-state index < -0.39 is 42.2 Å². The van der Waals surface area contributed by atoms with Gasteiger partial charge in [-0.05, 0) is 59.1 Å². The van der Waals surface area contributed by atoms with E-state index in [1.54, 1.807) is 53.7 Å². The van der Waals surface area contributed by atoms with E-state index in [0.29, 0.717) is 0 Å². The van der Waals surface area contributed by atoms with Gasteiger partial charge in [-0.25, -0.2) is 0 Å². The van der Waals surface area contributed by atoms with Gasteiger partial charge < -0.3 is 19.4 Å². The Labute approximate surface area is 179 Å². The van der Waals surface area contributed by atoms with Gasteiger partial charge >= 0.3 is 14.2 Å². The number of hydrogen-bond acceptors (Lipinski definition) is 6. The highest BCUT2D eigenvalue weighted by Gasteiger charge is 2.58. The van der Waals surface area contributed by atoms with Crippen LogP contribution in [-0.4, -0.2) is 36.2 Å². The molecule has 1 atom stereocenters. The molecule has 1 aromatic rings. The molecule has 0 radical (unpaired) electrons. The lowest BCUT2D eigenvalue weighted by atomic mass is 9.37. The van der Waals surface area contributed by atoms with Crippen molar-refractivity contribution in [2.24, 2.45) is 10.8 Å². The zero-order chi connectivity index (χ0) is 22.7. The Kier molecular flexibility index (Phi) is 7.05. The van der Waals surface area contributed by atoms with Crippen molar-refractivity contribution in [3.8, 4) is 0 Å². The number of benzene rings is 1.